The van der Waals surface area contributed by atoms with E-state index < -0.39 is 0 Å². The lowest BCUT2D eigenvalue weighted by Gasteiger charge is -2.54. The van der Waals surface area contributed by atoms with Crippen molar-refractivity contribution in [3.05, 3.63) is 54.1 Å². The molecule has 4 heteroatoms. The summed E-state index contributed by atoms with van der Waals surface area (Å²) in [5.41, 5.74) is 2.46. The maximum Gasteiger partial charge on any atom is 0.322 e. The van der Waals surface area contributed by atoms with Gasteiger partial charge < -0.3 is 10.2 Å². The molecule has 3 fully saturated rings. The first-order chi connectivity index (χ1) is 14.8. The molecule has 0 aromatic heterocycles. The standard InChI is InChI=1S/C26H31N3O/c30-26(27-23-11-5-8-18-7-1-2-10-22(18)23)29-14-6-9-19-15-20-16-21(25(19)29)17-28-13-4-3-12-24(20)28/h1-2,5,7-8,10-11,15,20-21,24-25H,3-4,6,9,12-14,16-17H2,(H,27,30). The fourth-order valence-corrected chi connectivity index (χ4v) is 6.72. The monoisotopic (exact) mass is 401 g/mol. The van der Waals surface area contributed by atoms with Gasteiger partial charge in [0.2, 0.25) is 0 Å². The van der Waals surface area contributed by atoms with Crippen LogP contribution in [0.25, 0.3) is 10.8 Å². The normalized spacial score (nSPS) is 30.9. The number of benzene rings is 2. The summed E-state index contributed by atoms with van der Waals surface area (Å²) in [6, 6.07) is 15.5. The van der Waals surface area contributed by atoms with Crippen molar-refractivity contribution in [2.24, 2.45) is 11.8 Å². The Bertz CT molecular complexity index is 993. The number of hydrogen-bond acceptors (Lipinski definition) is 2. The van der Waals surface area contributed by atoms with Gasteiger partial charge in [0, 0.05) is 24.5 Å². The zero-order valence-electron chi connectivity index (χ0n) is 17.6. The number of urea groups is 1. The number of fused-ring (bicyclic) bond motifs is 7. The average Bonchev–Trinajstić information content (AvgIpc) is 2.79. The maximum absolute atomic E-state index is 13.5. The number of piperidine rings is 3. The van der Waals surface area contributed by atoms with Gasteiger partial charge in [0.05, 0.1) is 11.7 Å². The molecule has 3 saturated heterocycles. The molecule has 0 radical (unpaired) electrons. The molecule has 3 heterocycles. The summed E-state index contributed by atoms with van der Waals surface area (Å²) in [5, 5.41) is 5.54. The number of carbonyl (C=O) groups excluding carboxylic acids is 1. The Morgan fingerprint density at radius 2 is 1.90 bits per heavy atom. The molecule has 3 aliphatic heterocycles. The largest absolute Gasteiger partial charge is 0.322 e. The van der Waals surface area contributed by atoms with Crippen LogP contribution in [0.4, 0.5) is 10.5 Å². The van der Waals surface area contributed by atoms with Crippen LogP contribution in [0.5, 0.6) is 0 Å². The molecule has 4 atom stereocenters. The van der Waals surface area contributed by atoms with E-state index in [4.69, 9.17) is 0 Å². The predicted molar refractivity (Wildman–Crippen MR) is 122 cm³/mol. The number of hydrogen-bond donors (Lipinski definition) is 1. The van der Waals surface area contributed by atoms with Gasteiger partial charge in [0.15, 0.2) is 0 Å². The third kappa shape index (κ3) is 3.04. The van der Waals surface area contributed by atoms with Crippen LogP contribution in [0.15, 0.2) is 54.1 Å². The highest BCUT2D eigenvalue weighted by Crippen LogP contribution is 2.45. The molecule has 4 unspecified atom stereocenters. The van der Waals surface area contributed by atoms with Crippen molar-refractivity contribution in [2.45, 2.75) is 50.6 Å². The van der Waals surface area contributed by atoms with E-state index in [-0.39, 0.29) is 12.1 Å². The van der Waals surface area contributed by atoms with Gasteiger partial charge in [-0.1, -0.05) is 54.5 Å². The minimum Gasteiger partial charge on any atom is -0.317 e. The molecule has 0 spiro atoms. The SMILES string of the molecule is O=C(Nc1cccc2ccccc12)N1CCCC2=CC3CC(CN4CCCCC34)C21. The van der Waals surface area contributed by atoms with E-state index in [2.05, 4.69) is 39.4 Å². The van der Waals surface area contributed by atoms with Crippen LogP contribution in [0.3, 0.4) is 0 Å². The number of anilines is 1. The van der Waals surface area contributed by atoms with Crippen molar-refractivity contribution in [2.75, 3.05) is 25.0 Å². The first-order valence-corrected chi connectivity index (χ1v) is 11.8. The molecule has 1 aliphatic carbocycles. The molecule has 2 bridgehead atoms. The average molecular weight is 402 g/mol. The van der Waals surface area contributed by atoms with Crippen LogP contribution < -0.4 is 5.32 Å². The Morgan fingerprint density at radius 3 is 2.87 bits per heavy atom. The van der Waals surface area contributed by atoms with Crippen LogP contribution in [0, 0.1) is 11.8 Å². The van der Waals surface area contributed by atoms with E-state index >= 15 is 0 Å². The summed E-state index contributed by atoms with van der Waals surface area (Å²) in [6.07, 6.45) is 10.2. The summed E-state index contributed by atoms with van der Waals surface area (Å²) in [5.74, 6) is 1.29. The third-order valence-corrected chi connectivity index (χ3v) is 7.95. The van der Waals surface area contributed by atoms with Crippen LogP contribution in [-0.2, 0) is 0 Å². The molecule has 4 aliphatic rings. The minimum atomic E-state index is 0.0705. The highest BCUT2D eigenvalue weighted by Gasteiger charge is 2.46. The fourth-order valence-electron chi connectivity index (χ4n) is 6.72. The second kappa shape index (κ2) is 7.42. The summed E-state index contributed by atoms with van der Waals surface area (Å²) in [7, 11) is 0. The predicted octanol–water partition coefficient (Wildman–Crippen LogP) is 5.27. The van der Waals surface area contributed by atoms with Gasteiger partial charge in [-0.3, -0.25) is 4.90 Å². The van der Waals surface area contributed by atoms with E-state index in [0.29, 0.717) is 11.8 Å². The van der Waals surface area contributed by atoms with Gasteiger partial charge in [-0.25, -0.2) is 4.79 Å². The molecule has 6 rings (SSSR count). The molecule has 4 nitrogen and oxygen atoms in total. The van der Waals surface area contributed by atoms with Gasteiger partial charge in [-0.15, -0.1) is 0 Å². The smallest absolute Gasteiger partial charge is 0.317 e. The molecule has 30 heavy (non-hydrogen) atoms. The zero-order chi connectivity index (χ0) is 20.1. The van der Waals surface area contributed by atoms with Gasteiger partial charge in [0.1, 0.15) is 0 Å². The van der Waals surface area contributed by atoms with E-state index in [0.717, 1.165) is 30.1 Å². The molecule has 2 aromatic rings. The Morgan fingerprint density at radius 1 is 1.00 bits per heavy atom. The number of rotatable bonds is 1. The van der Waals surface area contributed by atoms with Gasteiger partial charge in [-0.05, 0) is 61.9 Å². The van der Waals surface area contributed by atoms with Crippen molar-refractivity contribution < 1.29 is 4.79 Å². The third-order valence-electron chi connectivity index (χ3n) is 7.95. The van der Waals surface area contributed by atoms with Crippen molar-refractivity contribution in [1.29, 1.82) is 0 Å². The molecule has 0 saturated carbocycles. The van der Waals surface area contributed by atoms with Crippen molar-refractivity contribution in [3.8, 4) is 0 Å². The van der Waals surface area contributed by atoms with Crippen LogP contribution in [0.1, 0.15) is 38.5 Å². The molecule has 1 N–H and O–H groups in total. The number of nitrogens with zero attached hydrogens (tertiary/aromatic N) is 2. The van der Waals surface area contributed by atoms with Gasteiger partial charge >= 0.3 is 6.03 Å². The zero-order valence-corrected chi connectivity index (χ0v) is 17.6. The maximum atomic E-state index is 13.5. The second-order valence-corrected chi connectivity index (χ2v) is 9.66. The Kier molecular flexibility index (Phi) is 4.56. The fraction of sp³-hybridized carbons (Fsp3) is 0.500. The second-order valence-electron chi connectivity index (χ2n) is 9.66. The van der Waals surface area contributed by atoms with Crippen molar-refractivity contribution in [3.63, 3.8) is 0 Å². The van der Waals surface area contributed by atoms with E-state index in [1.165, 1.54) is 50.6 Å². The first-order valence-electron chi connectivity index (χ1n) is 11.8. The van der Waals surface area contributed by atoms with Gasteiger partial charge in [0.25, 0.3) is 0 Å². The van der Waals surface area contributed by atoms with Crippen LogP contribution >= 0.6 is 0 Å². The van der Waals surface area contributed by atoms with E-state index in [1.807, 2.05) is 24.3 Å². The van der Waals surface area contributed by atoms with Crippen molar-refractivity contribution >= 4 is 22.5 Å². The highest BCUT2D eigenvalue weighted by molar-refractivity contribution is 6.01. The molecular weight excluding hydrogens is 370 g/mol. The summed E-state index contributed by atoms with van der Waals surface area (Å²) >= 11 is 0. The van der Waals surface area contributed by atoms with Crippen LogP contribution in [-0.4, -0.2) is 47.5 Å². The summed E-state index contributed by atoms with van der Waals surface area (Å²) in [6.45, 7) is 3.28. The molecule has 156 valence electrons. The molecular formula is C26H31N3O. The number of amides is 2. The number of likely N-dealkylation sites (tertiary alicyclic amines) is 1. The van der Waals surface area contributed by atoms with E-state index in [9.17, 15) is 4.79 Å². The number of nitrogens with one attached hydrogen (secondary N) is 1. The Hall–Kier alpha value is -2.33. The summed E-state index contributed by atoms with van der Waals surface area (Å²) < 4.78 is 0. The first kappa shape index (κ1) is 18.4. The molecule has 2 aromatic carbocycles. The number of carbonyl (C=O) groups is 1. The lowest BCUT2D eigenvalue weighted by molar-refractivity contribution is 0.00909. The highest BCUT2D eigenvalue weighted by atomic mass is 16.2. The topological polar surface area (TPSA) is 35.6 Å². The summed E-state index contributed by atoms with van der Waals surface area (Å²) in [4.78, 5) is 18.4. The Labute approximate surface area is 178 Å². The van der Waals surface area contributed by atoms with Gasteiger partial charge in [-0.2, -0.15) is 0 Å². The lowest BCUT2D eigenvalue weighted by atomic mass is 9.68. The lowest BCUT2D eigenvalue weighted by Crippen LogP contribution is -2.60. The van der Waals surface area contributed by atoms with Crippen molar-refractivity contribution in [1.82, 2.24) is 9.80 Å². The quantitative estimate of drug-likeness (QED) is 0.661. The Balaban J connectivity index is 1.28. The minimum absolute atomic E-state index is 0.0705. The molecule has 2 amide bonds. The van der Waals surface area contributed by atoms with Crippen LogP contribution in [0.2, 0.25) is 0 Å². The van der Waals surface area contributed by atoms with E-state index in [1.54, 1.807) is 5.57 Å².